The molecule has 0 aromatic carbocycles. The van der Waals surface area contributed by atoms with E-state index in [4.69, 9.17) is 4.74 Å². The molecule has 0 unspecified atom stereocenters. The van der Waals surface area contributed by atoms with Gasteiger partial charge in [0.2, 0.25) is 0 Å². The molecule has 0 aromatic rings. The topological polar surface area (TPSA) is 15.7 Å². The standard InChI is InChI=1S/C13H26N2O/c1-13(2,3)15-8-5-11(9-15)14-7-6-12(10-14)16-4/h11-12H,5-10H2,1-4H3/t11-,12-/m0/s1. The SMILES string of the molecule is CO[C@H]1CCN([C@H]2CCN(C(C)(C)C)C2)C1. The molecule has 0 aliphatic carbocycles. The van der Waals surface area contributed by atoms with Crippen LogP contribution in [0.15, 0.2) is 0 Å². The van der Waals surface area contributed by atoms with Gasteiger partial charge in [0.1, 0.15) is 0 Å². The van der Waals surface area contributed by atoms with Crippen LogP contribution in [0.3, 0.4) is 0 Å². The molecule has 2 aliphatic rings. The van der Waals surface area contributed by atoms with Gasteiger partial charge in [-0.3, -0.25) is 9.80 Å². The van der Waals surface area contributed by atoms with E-state index < -0.39 is 0 Å². The van der Waals surface area contributed by atoms with Crippen LogP contribution in [-0.2, 0) is 4.74 Å². The maximum atomic E-state index is 5.44. The summed E-state index contributed by atoms with van der Waals surface area (Å²) in [5.41, 5.74) is 0.329. The molecule has 2 aliphatic heterocycles. The molecule has 2 heterocycles. The first-order chi connectivity index (χ1) is 7.50. The summed E-state index contributed by atoms with van der Waals surface area (Å²) in [4.78, 5) is 5.23. The smallest absolute Gasteiger partial charge is 0.0710 e. The van der Waals surface area contributed by atoms with Crippen molar-refractivity contribution in [1.29, 1.82) is 0 Å². The van der Waals surface area contributed by atoms with E-state index in [1.165, 1.54) is 32.5 Å². The summed E-state index contributed by atoms with van der Waals surface area (Å²) < 4.78 is 5.44. The molecule has 94 valence electrons. The maximum Gasteiger partial charge on any atom is 0.0710 e. The molecule has 0 bridgehead atoms. The minimum absolute atomic E-state index is 0.329. The molecular formula is C13H26N2O. The Kier molecular flexibility index (Phi) is 3.57. The highest BCUT2D eigenvalue weighted by molar-refractivity contribution is 4.92. The van der Waals surface area contributed by atoms with Gasteiger partial charge in [-0.05, 0) is 33.6 Å². The van der Waals surface area contributed by atoms with Gasteiger partial charge in [-0.1, -0.05) is 0 Å². The van der Waals surface area contributed by atoms with Crippen LogP contribution >= 0.6 is 0 Å². The molecule has 0 saturated carbocycles. The molecule has 16 heavy (non-hydrogen) atoms. The van der Waals surface area contributed by atoms with Gasteiger partial charge in [-0.25, -0.2) is 0 Å². The predicted octanol–water partition coefficient (Wildman–Crippen LogP) is 1.58. The van der Waals surface area contributed by atoms with Gasteiger partial charge in [0.25, 0.3) is 0 Å². The zero-order valence-corrected chi connectivity index (χ0v) is 11.2. The van der Waals surface area contributed by atoms with Crippen LogP contribution in [0.1, 0.15) is 33.6 Å². The molecule has 0 aromatic heterocycles. The highest BCUT2D eigenvalue weighted by Gasteiger charge is 2.35. The minimum Gasteiger partial charge on any atom is -0.380 e. The van der Waals surface area contributed by atoms with Crippen molar-refractivity contribution >= 4 is 0 Å². The predicted molar refractivity (Wildman–Crippen MR) is 66.7 cm³/mol. The van der Waals surface area contributed by atoms with E-state index in [-0.39, 0.29) is 0 Å². The number of rotatable bonds is 2. The van der Waals surface area contributed by atoms with Crippen LogP contribution in [-0.4, -0.2) is 60.8 Å². The summed E-state index contributed by atoms with van der Waals surface area (Å²) >= 11 is 0. The third kappa shape index (κ3) is 2.58. The van der Waals surface area contributed by atoms with Crippen molar-refractivity contribution in [3.8, 4) is 0 Å². The fraction of sp³-hybridized carbons (Fsp3) is 1.00. The lowest BCUT2D eigenvalue weighted by Crippen LogP contribution is -2.43. The van der Waals surface area contributed by atoms with Gasteiger partial charge in [0.05, 0.1) is 6.10 Å². The second-order valence-corrected chi connectivity index (χ2v) is 6.20. The summed E-state index contributed by atoms with van der Waals surface area (Å²) in [6.07, 6.45) is 3.01. The first-order valence-corrected chi connectivity index (χ1v) is 6.52. The summed E-state index contributed by atoms with van der Waals surface area (Å²) in [5, 5.41) is 0. The van der Waals surface area contributed by atoms with Gasteiger partial charge in [0.15, 0.2) is 0 Å². The third-order valence-corrected chi connectivity index (χ3v) is 4.14. The van der Waals surface area contributed by atoms with Gasteiger partial charge < -0.3 is 4.74 Å². The largest absolute Gasteiger partial charge is 0.380 e. The van der Waals surface area contributed by atoms with E-state index in [2.05, 4.69) is 30.6 Å². The van der Waals surface area contributed by atoms with Crippen LogP contribution in [0.4, 0.5) is 0 Å². The summed E-state index contributed by atoms with van der Waals surface area (Å²) in [7, 11) is 1.84. The van der Waals surface area contributed by atoms with E-state index in [0.717, 1.165) is 12.6 Å². The Balaban J connectivity index is 1.85. The second-order valence-electron chi connectivity index (χ2n) is 6.20. The lowest BCUT2D eigenvalue weighted by Gasteiger charge is -2.32. The molecule has 2 fully saturated rings. The van der Waals surface area contributed by atoms with Crippen molar-refractivity contribution in [1.82, 2.24) is 9.80 Å². The third-order valence-electron chi connectivity index (χ3n) is 4.14. The van der Waals surface area contributed by atoms with Crippen molar-refractivity contribution in [2.24, 2.45) is 0 Å². The van der Waals surface area contributed by atoms with Gasteiger partial charge in [0, 0.05) is 44.9 Å². The quantitative estimate of drug-likeness (QED) is 0.711. The van der Waals surface area contributed by atoms with Crippen LogP contribution < -0.4 is 0 Å². The van der Waals surface area contributed by atoms with Gasteiger partial charge >= 0.3 is 0 Å². The zero-order valence-electron chi connectivity index (χ0n) is 11.2. The highest BCUT2D eigenvalue weighted by Crippen LogP contribution is 2.26. The van der Waals surface area contributed by atoms with E-state index in [0.29, 0.717) is 11.6 Å². The van der Waals surface area contributed by atoms with Crippen LogP contribution in [0.2, 0.25) is 0 Å². The fourth-order valence-electron chi connectivity index (χ4n) is 2.93. The van der Waals surface area contributed by atoms with Crippen molar-refractivity contribution in [3.05, 3.63) is 0 Å². The number of nitrogens with zero attached hydrogens (tertiary/aromatic N) is 2. The van der Waals surface area contributed by atoms with E-state index in [1.807, 2.05) is 7.11 Å². The second kappa shape index (κ2) is 4.63. The lowest BCUT2D eigenvalue weighted by atomic mass is 10.1. The average Bonchev–Trinajstić information content (AvgIpc) is 2.85. The van der Waals surface area contributed by atoms with Gasteiger partial charge in [-0.2, -0.15) is 0 Å². The Morgan fingerprint density at radius 1 is 1.06 bits per heavy atom. The molecule has 2 rings (SSSR count). The molecule has 2 atom stereocenters. The molecule has 0 N–H and O–H groups in total. The zero-order chi connectivity index (χ0) is 11.8. The van der Waals surface area contributed by atoms with Crippen LogP contribution in [0.5, 0.6) is 0 Å². The average molecular weight is 226 g/mol. The Morgan fingerprint density at radius 2 is 1.81 bits per heavy atom. The van der Waals surface area contributed by atoms with Crippen molar-refractivity contribution in [3.63, 3.8) is 0 Å². The summed E-state index contributed by atoms with van der Waals surface area (Å²) in [6.45, 7) is 11.8. The Morgan fingerprint density at radius 3 is 2.31 bits per heavy atom. The summed E-state index contributed by atoms with van der Waals surface area (Å²) in [5.74, 6) is 0. The normalized spacial score (nSPS) is 33.8. The Bertz CT molecular complexity index is 237. The van der Waals surface area contributed by atoms with Crippen molar-refractivity contribution in [2.45, 2.75) is 51.3 Å². The fourth-order valence-corrected chi connectivity index (χ4v) is 2.93. The Hall–Kier alpha value is -0.120. The number of methoxy groups -OCH3 is 1. The minimum atomic E-state index is 0.329. The van der Waals surface area contributed by atoms with Gasteiger partial charge in [-0.15, -0.1) is 0 Å². The number of hydrogen-bond acceptors (Lipinski definition) is 3. The van der Waals surface area contributed by atoms with E-state index >= 15 is 0 Å². The van der Waals surface area contributed by atoms with Crippen molar-refractivity contribution < 1.29 is 4.74 Å². The van der Waals surface area contributed by atoms with Crippen LogP contribution in [0, 0.1) is 0 Å². The lowest BCUT2D eigenvalue weighted by molar-refractivity contribution is 0.0982. The monoisotopic (exact) mass is 226 g/mol. The first kappa shape index (κ1) is 12.3. The molecule has 3 heteroatoms. The molecule has 0 spiro atoms. The van der Waals surface area contributed by atoms with E-state index in [1.54, 1.807) is 0 Å². The van der Waals surface area contributed by atoms with E-state index in [9.17, 15) is 0 Å². The molecule has 0 radical (unpaired) electrons. The molecular weight excluding hydrogens is 200 g/mol. The molecule has 2 saturated heterocycles. The van der Waals surface area contributed by atoms with Crippen LogP contribution in [0.25, 0.3) is 0 Å². The number of hydrogen-bond donors (Lipinski definition) is 0. The number of ether oxygens (including phenoxy) is 1. The first-order valence-electron chi connectivity index (χ1n) is 6.52. The van der Waals surface area contributed by atoms with Crippen molar-refractivity contribution in [2.75, 3.05) is 33.3 Å². The Labute approximate surface area is 99.7 Å². The summed E-state index contributed by atoms with van der Waals surface area (Å²) in [6, 6.07) is 0.763. The number of likely N-dealkylation sites (tertiary alicyclic amines) is 2. The molecule has 3 nitrogen and oxygen atoms in total. The molecule has 0 amide bonds. The highest BCUT2D eigenvalue weighted by atomic mass is 16.5. The maximum absolute atomic E-state index is 5.44.